The number of carbonyl (C=O) groups excluding carboxylic acids is 2. The highest BCUT2D eigenvalue weighted by Crippen LogP contribution is 2.26. The number of nitrogens with one attached hydrogen (secondary N) is 2. The summed E-state index contributed by atoms with van der Waals surface area (Å²) in [5.74, 6) is 0.479. The van der Waals surface area contributed by atoms with E-state index in [2.05, 4.69) is 15.6 Å². The van der Waals surface area contributed by atoms with E-state index in [1.807, 2.05) is 55.6 Å². The van der Waals surface area contributed by atoms with Gasteiger partial charge in [-0.2, -0.15) is 0 Å². The van der Waals surface area contributed by atoms with Gasteiger partial charge in [0.1, 0.15) is 4.34 Å². The number of thioether (sulfide) groups is 1. The molecule has 0 saturated carbocycles. The number of benzene rings is 2. The summed E-state index contributed by atoms with van der Waals surface area (Å²) in [5.41, 5.74) is 5.02. The van der Waals surface area contributed by atoms with Crippen LogP contribution in [0.4, 0.5) is 11.4 Å². The van der Waals surface area contributed by atoms with E-state index in [1.165, 1.54) is 6.92 Å². The molecule has 144 valence electrons. The van der Waals surface area contributed by atoms with Gasteiger partial charge in [0.15, 0.2) is 0 Å². The molecular weight excluding hydrogens is 390 g/mol. The highest BCUT2D eigenvalue weighted by Gasteiger charge is 2.09. The molecule has 7 heteroatoms. The Bertz CT molecular complexity index is 997. The van der Waals surface area contributed by atoms with Crippen molar-refractivity contribution in [1.82, 2.24) is 4.98 Å². The number of hydrogen-bond donors (Lipinski definition) is 2. The van der Waals surface area contributed by atoms with E-state index in [0.717, 1.165) is 26.9 Å². The fourth-order valence-corrected chi connectivity index (χ4v) is 4.33. The molecule has 5 nitrogen and oxygen atoms in total. The molecule has 1 heterocycles. The van der Waals surface area contributed by atoms with Crippen LogP contribution in [0.5, 0.6) is 0 Å². The molecule has 2 amide bonds. The second-order valence-electron chi connectivity index (χ2n) is 6.41. The summed E-state index contributed by atoms with van der Waals surface area (Å²) in [5, 5.41) is 7.68. The minimum atomic E-state index is -0.188. The van der Waals surface area contributed by atoms with Gasteiger partial charge >= 0.3 is 0 Å². The van der Waals surface area contributed by atoms with Crippen molar-refractivity contribution in [2.24, 2.45) is 0 Å². The molecule has 0 fully saturated rings. The third-order valence-electron chi connectivity index (χ3n) is 3.98. The molecular formula is C21H21N3O2S2. The average molecular weight is 412 g/mol. The zero-order valence-corrected chi connectivity index (χ0v) is 17.5. The molecule has 2 aromatic carbocycles. The number of carbonyl (C=O) groups is 2. The van der Waals surface area contributed by atoms with Gasteiger partial charge in [0.05, 0.1) is 0 Å². The molecule has 3 rings (SSSR count). The van der Waals surface area contributed by atoms with Crippen LogP contribution < -0.4 is 10.6 Å². The first-order valence-corrected chi connectivity index (χ1v) is 10.6. The van der Waals surface area contributed by atoms with Crippen molar-refractivity contribution < 1.29 is 9.59 Å². The van der Waals surface area contributed by atoms with Crippen molar-refractivity contribution in [3.8, 4) is 0 Å². The highest BCUT2D eigenvalue weighted by molar-refractivity contribution is 8.00. The number of hydrogen-bond acceptors (Lipinski definition) is 5. The molecule has 0 aliphatic heterocycles. The maximum Gasteiger partial charge on any atom is 0.255 e. The Hall–Kier alpha value is -2.64. The van der Waals surface area contributed by atoms with Crippen LogP contribution in [0.1, 0.15) is 34.1 Å². The summed E-state index contributed by atoms with van der Waals surface area (Å²) in [6, 6.07) is 13.0. The molecule has 0 aliphatic rings. The third-order valence-corrected chi connectivity index (χ3v) is 6.19. The molecule has 0 aliphatic carbocycles. The van der Waals surface area contributed by atoms with Gasteiger partial charge in [-0.25, -0.2) is 4.98 Å². The normalized spacial score (nSPS) is 10.5. The van der Waals surface area contributed by atoms with Gasteiger partial charge in [0.25, 0.3) is 5.91 Å². The van der Waals surface area contributed by atoms with Crippen molar-refractivity contribution in [1.29, 1.82) is 0 Å². The summed E-state index contributed by atoms with van der Waals surface area (Å²) in [6.07, 6.45) is 0. The van der Waals surface area contributed by atoms with Gasteiger partial charge in [-0.3, -0.25) is 9.59 Å². The lowest BCUT2D eigenvalue weighted by atomic mass is 10.1. The van der Waals surface area contributed by atoms with Crippen LogP contribution in [0, 0.1) is 13.8 Å². The fourth-order valence-electron chi connectivity index (χ4n) is 2.52. The van der Waals surface area contributed by atoms with Crippen LogP contribution in [-0.2, 0) is 10.5 Å². The van der Waals surface area contributed by atoms with E-state index in [1.54, 1.807) is 29.2 Å². The molecule has 0 unspecified atom stereocenters. The molecule has 0 radical (unpaired) electrons. The maximum atomic E-state index is 12.5. The van der Waals surface area contributed by atoms with Gasteiger partial charge in [0, 0.05) is 40.7 Å². The second-order valence-corrected chi connectivity index (χ2v) is 8.49. The van der Waals surface area contributed by atoms with Crippen molar-refractivity contribution >= 4 is 46.3 Å². The standard InChI is InChI=1S/C21H21N3O2S2/c1-13-4-9-18(10-19(13)23-15(3)25)24-20(26)17-7-5-16(6-8-17)12-28-21-22-14(2)11-27-21/h4-11H,12H2,1-3H3,(H,23,25)(H,24,26). The van der Waals surface area contributed by atoms with Crippen LogP contribution in [0.25, 0.3) is 0 Å². The molecule has 0 bridgehead atoms. The first-order chi connectivity index (χ1) is 13.4. The average Bonchev–Trinajstić information content (AvgIpc) is 3.08. The minimum absolute atomic E-state index is 0.145. The Labute approximate surface area is 172 Å². The number of amides is 2. The molecule has 0 saturated heterocycles. The molecule has 1 aromatic heterocycles. The number of aryl methyl sites for hydroxylation is 2. The number of aromatic nitrogens is 1. The molecule has 0 spiro atoms. The SMILES string of the molecule is CC(=O)Nc1cc(NC(=O)c2ccc(CSc3nc(C)cs3)cc2)ccc1C. The van der Waals surface area contributed by atoms with E-state index in [0.29, 0.717) is 16.9 Å². The van der Waals surface area contributed by atoms with Gasteiger partial charge in [0.2, 0.25) is 5.91 Å². The van der Waals surface area contributed by atoms with Gasteiger partial charge in [-0.05, 0) is 49.2 Å². The first-order valence-electron chi connectivity index (χ1n) is 8.74. The predicted molar refractivity (Wildman–Crippen MR) is 116 cm³/mol. The predicted octanol–water partition coefficient (Wildman–Crippen LogP) is 5.26. The molecule has 3 aromatic rings. The Balaban J connectivity index is 1.62. The zero-order chi connectivity index (χ0) is 20.1. The smallest absolute Gasteiger partial charge is 0.255 e. The van der Waals surface area contributed by atoms with Crippen LogP contribution in [0.2, 0.25) is 0 Å². The molecule has 0 atom stereocenters. The van der Waals surface area contributed by atoms with E-state index < -0.39 is 0 Å². The quantitative estimate of drug-likeness (QED) is 0.543. The van der Waals surface area contributed by atoms with E-state index in [-0.39, 0.29) is 11.8 Å². The number of thiazole rings is 1. The first kappa shape index (κ1) is 20.1. The van der Waals surface area contributed by atoms with E-state index >= 15 is 0 Å². The van der Waals surface area contributed by atoms with Crippen LogP contribution in [-0.4, -0.2) is 16.8 Å². The Morgan fingerprint density at radius 1 is 1.07 bits per heavy atom. The van der Waals surface area contributed by atoms with E-state index in [4.69, 9.17) is 0 Å². The van der Waals surface area contributed by atoms with Gasteiger partial charge < -0.3 is 10.6 Å². The largest absolute Gasteiger partial charge is 0.326 e. The zero-order valence-electron chi connectivity index (χ0n) is 15.9. The van der Waals surface area contributed by atoms with E-state index in [9.17, 15) is 9.59 Å². The molecule has 28 heavy (non-hydrogen) atoms. The van der Waals surface area contributed by atoms with Crippen LogP contribution >= 0.6 is 23.1 Å². The Morgan fingerprint density at radius 3 is 2.46 bits per heavy atom. The number of rotatable bonds is 6. The third kappa shape index (κ3) is 5.43. The van der Waals surface area contributed by atoms with Crippen molar-refractivity contribution in [2.45, 2.75) is 30.9 Å². The van der Waals surface area contributed by atoms with Crippen molar-refractivity contribution in [2.75, 3.05) is 10.6 Å². The number of nitrogens with zero attached hydrogens (tertiary/aromatic N) is 1. The monoisotopic (exact) mass is 411 g/mol. The molecule has 2 N–H and O–H groups in total. The maximum absolute atomic E-state index is 12.5. The summed E-state index contributed by atoms with van der Waals surface area (Å²) in [6.45, 7) is 5.35. The topological polar surface area (TPSA) is 71.1 Å². The lowest BCUT2D eigenvalue weighted by molar-refractivity contribution is -0.114. The van der Waals surface area contributed by atoms with Crippen LogP contribution in [0.15, 0.2) is 52.2 Å². The lowest BCUT2D eigenvalue weighted by Crippen LogP contribution is -2.13. The summed E-state index contributed by atoms with van der Waals surface area (Å²) < 4.78 is 1.05. The van der Waals surface area contributed by atoms with Crippen molar-refractivity contribution in [3.63, 3.8) is 0 Å². The highest BCUT2D eigenvalue weighted by atomic mass is 32.2. The second kappa shape index (κ2) is 9.03. The summed E-state index contributed by atoms with van der Waals surface area (Å²) >= 11 is 3.34. The Kier molecular flexibility index (Phi) is 6.49. The van der Waals surface area contributed by atoms with Gasteiger partial charge in [-0.15, -0.1) is 11.3 Å². The van der Waals surface area contributed by atoms with Crippen LogP contribution in [0.3, 0.4) is 0 Å². The minimum Gasteiger partial charge on any atom is -0.326 e. The van der Waals surface area contributed by atoms with Crippen molar-refractivity contribution in [3.05, 3.63) is 70.2 Å². The van der Waals surface area contributed by atoms with Gasteiger partial charge in [-0.1, -0.05) is 30.0 Å². The fraction of sp³-hybridized carbons (Fsp3) is 0.190. The Morgan fingerprint density at radius 2 is 1.82 bits per heavy atom. The summed E-state index contributed by atoms with van der Waals surface area (Å²) in [7, 11) is 0. The summed E-state index contributed by atoms with van der Waals surface area (Å²) in [4.78, 5) is 28.2. The lowest BCUT2D eigenvalue weighted by Gasteiger charge is -2.11. The number of anilines is 2.